The van der Waals surface area contributed by atoms with Crippen molar-refractivity contribution in [3.8, 4) is 0 Å². The Kier molecular flexibility index (Phi) is 3.18. The molecule has 0 amide bonds. The normalized spacial score (nSPS) is 23.9. The number of fused-ring (bicyclic) bond motifs is 1. The second kappa shape index (κ2) is 4.09. The molecule has 1 aromatic heterocycles. The lowest BCUT2D eigenvalue weighted by atomic mass is 9.61. The first-order valence-electron chi connectivity index (χ1n) is 7.70. The van der Waals surface area contributed by atoms with E-state index in [1.165, 1.54) is 17.0 Å². The van der Waals surface area contributed by atoms with Gasteiger partial charge in [0.15, 0.2) is 0 Å². The predicted octanol–water partition coefficient (Wildman–Crippen LogP) is 3.74. The number of aromatic nitrogens is 2. The highest BCUT2D eigenvalue weighted by atomic mass is 15.4. The van der Waals surface area contributed by atoms with E-state index in [1.807, 2.05) is 4.68 Å². The molecule has 0 bridgehead atoms. The minimum absolute atomic E-state index is 0.0471. The van der Waals surface area contributed by atoms with Crippen LogP contribution < -0.4 is 0 Å². The Hall–Kier alpha value is -0.830. The van der Waals surface area contributed by atoms with E-state index in [-0.39, 0.29) is 16.5 Å². The monoisotopic (exact) mass is 277 g/mol. The van der Waals surface area contributed by atoms with Crippen LogP contribution in [0.5, 0.6) is 0 Å². The van der Waals surface area contributed by atoms with Crippen molar-refractivity contribution in [3.63, 3.8) is 0 Å². The lowest BCUT2D eigenvalue weighted by molar-refractivity contribution is -0.0712. The van der Waals surface area contributed by atoms with Gasteiger partial charge in [-0.25, -0.2) is 0 Å². The minimum atomic E-state index is -0.0471. The number of nitrogens with zero attached hydrogens (tertiary/aromatic N) is 3. The van der Waals surface area contributed by atoms with Crippen LogP contribution in [0, 0.1) is 6.92 Å². The Morgan fingerprint density at radius 3 is 1.95 bits per heavy atom. The predicted molar refractivity (Wildman–Crippen MR) is 85.1 cm³/mol. The van der Waals surface area contributed by atoms with Gasteiger partial charge in [-0.3, -0.25) is 9.58 Å². The second-order valence-corrected chi connectivity index (χ2v) is 8.14. The van der Waals surface area contributed by atoms with Crippen molar-refractivity contribution in [2.24, 2.45) is 7.05 Å². The summed E-state index contributed by atoms with van der Waals surface area (Å²) in [5.41, 5.74) is 4.08. The van der Waals surface area contributed by atoms with Crippen molar-refractivity contribution in [1.29, 1.82) is 0 Å². The van der Waals surface area contributed by atoms with Gasteiger partial charge in [0.2, 0.25) is 0 Å². The summed E-state index contributed by atoms with van der Waals surface area (Å²) in [6.45, 7) is 20.9. The van der Waals surface area contributed by atoms with Crippen molar-refractivity contribution in [1.82, 2.24) is 14.7 Å². The molecule has 1 aliphatic rings. The highest BCUT2D eigenvalue weighted by Crippen LogP contribution is 2.53. The molecule has 1 aliphatic heterocycles. The quantitative estimate of drug-likeness (QED) is 0.779. The Balaban J connectivity index is 2.85. The fraction of sp³-hybridized carbons (Fsp3) is 0.824. The topological polar surface area (TPSA) is 21.1 Å². The van der Waals surface area contributed by atoms with Crippen LogP contribution in [0.15, 0.2) is 0 Å². The van der Waals surface area contributed by atoms with E-state index in [1.54, 1.807) is 0 Å². The number of hydrogen-bond acceptors (Lipinski definition) is 2. The minimum Gasteiger partial charge on any atom is -0.284 e. The molecule has 114 valence electrons. The maximum absolute atomic E-state index is 4.87. The molecule has 0 unspecified atom stereocenters. The van der Waals surface area contributed by atoms with Crippen LogP contribution in [0.2, 0.25) is 0 Å². The third-order valence-corrected chi connectivity index (χ3v) is 5.79. The highest BCUT2D eigenvalue weighted by Gasteiger charge is 2.57. The maximum atomic E-state index is 4.87. The first kappa shape index (κ1) is 15.6. The lowest BCUT2D eigenvalue weighted by Crippen LogP contribution is -2.67. The Morgan fingerprint density at radius 2 is 1.50 bits per heavy atom. The van der Waals surface area contributed by atoms with Crippen LogP contribution in [-0.4, -0.2) is 26.3 Å². The van der Waals surface area contributed by atoms with Crippen molar-refractivity contribution >= 4 is 0 Å². The lowest BCUT2D eigenvalue weighted by Gasteiger charge is -2.61. The third kappa shape index (κ3) is 1.65. The molecule has 3 nitrogen and oxygen atoms in total. The molecule has 0 atom stereocenters. The van der Waals surface area contributed by atoms with Crippen molar-refractivity contribution in [2.75, 3.05) is 0 Å². The van der Waals surface area contributed by atoms with Crippen molar-refractivity contribution in [2.45, 2.75) is 84.8 Å². The summed E-state index contributed by atoms with van der Waals surface area (Å²) >= 11 is 0. The van der Waals surface area contributed by atoms with Gasteiger partial charge in [-0.2, -0.15) is 5.10 Å². The smallest absolute Gasteiger partial charge is 0.0862 e. The van der Waals surface area contributed by atoms with Gasteiger partial charge >= 0.3 is 0 Å². The summed E-state index contributed by atoms with van der Waals surface area (Å²) in [5, 5.41) is 4.87. The van der Waals surface area contributed by atoms with Gasteiger partial charge in [0.25, 0.3) is 0 Å². The zero-order valence-corrected chi connectivity index (χ0v) is 14.9. The summed E-state index contributed by atoms with van der Waals surface area (Å²) in [6, 6.07) is 0.481. The first-order chi connectivity index (χ1) is 8.86. The SMILES string of the molecule is Cc1c2c(nn1C)C(C)(C)N(C(C)C)C(C)(C)C2(C)C. The molecule has 1 aromatic rings. The fourth-order valence-electron chi connectivity index (χ4n) is 4.50. The number of hydrogen-bond donors (Lipinski definition) is 0. The van der Waals surface area contributed by atoms with Crippen molar-refractivity contribution in [3.05, 3.63) is 17.0 Å². The standard InChI is InChI=1S/C17H31N3/c1-11(2)20-16(6,7)14-13(12(3)19(10)18-14)15(4,5)17(20,8)9/h11H,1-10H3. The Morgan fingerprint density at radius 1 is 1.00 bits per heavy atom. The van der Waals surface area contributed by atoms with Crippen LogP contribution in [-0.2, 0) is 18.0 Å². The average Bonchev–Trinajstić information content (AvgIpc) is 2.53. The summed E-state index contributed by atoms with van der Waals surface area (Å²) in [4.78, 5) is 2.63. The Bertz CT molecular complexity index is 533. The van der Waals surface area contributed by atoms with Crippen LogP contribution in [0.3, 0.4) is 0 Å². The average molecular weight is 277 g/mol. The van der Waals surface area contributed by atoms with Crippen LogP contribution in [0.4, 0.5) is 0 Å². The molecule has 0 spiro atoms. The first-order valence-corrected chi connectivity index (χ1v) is 7.70. The van der Waals surface area contributed by atoms with Crippen LogP contribution in [0.25, 0.3) is 0 Å². The van der Waals surface area contributed by atoms with Gasteiger partial charge in [0.05, 0.1) is 11.2 Å². The summed E-state index contributed by atoms with van der Waals surface area (Å²) in [6.07, 6.45) is 0. The van der Waals surface area contributed by atoms with Crippen molar-refractivity contribution < 1.29 is 0 Å². The molecule has 3 heteroatoms. The molecule has 0 aliphatic carbocycles. The third-order valence-electron chi connectivity index (χ3n) is 5.79. The molecule has 0 saturated carbocycles. The van der Waals surface area contributed by atoms with E-state index in [0.29, 0.717) is 6.04 Å². The summed E-state index contributed by atoms with van der Waals surface area (Å²) in [5.74, 6) is 0. The Labute approximate surface area is 124 Å². The molecule has 0 aromatic carbocycles. The van der Waals surface area contributed by atoms with Gasteiger partial charge in [-0.15, -0.1) is 0 Å². The van der Waals surface area contributed by atoms with E-state index < -0.39 is 0 Å². The van der Waals surface area contributed by atoms with E-state index >= 15 is 0 Å². The zero-order chi connectivity index (χ0) is 15.7. The van der Waals surface area contributed by atoms with Crippen LogP contribution >= 0.6 is 0 Å². The summed E-state index contributed by atoms with van der Waals surface area (Å²) < 4.78 is 2.05. The van der Waals surface area contributed by atoms with Crippen LogP contribution in [0.1, 0.15) is 72.3 Å². The fourth-order valence-corrected chi connectivity index (χ4v) is 4.50. The molecular formula is C17H31N3. The van der Waals surface area contributed by atoms with E-state index in [4.69, 9.17) is 5.10 Å². The van der Waals surface area contributed by atoms with E-state index in [9.17, 15) is 0 Å². The second-order valence-electron chi connectivity index (χ2n) is 8.14. The molecule has 2 heterocycles. The highest BCUT2D eigenvalue weighted by molar-refractivity contribution is 5.43. The van der Waals surface area contributed by atoms with Gasteiger partial charge in [-0.1, -0.05) is 13.8 Å². The summed E-state index contributed by atoms with van der Waals surface area (Å²) in [7, 11) is 2.06. The number of rotatable bonds is 1. The largest absolute Gasteiger partial charge is 0.284 e. The van der Waals surface area contributed by atoms with E-state index in [2.05, 4.69) is 74.3 Å². The maximum Gasteiger partial charge on any atom is 0.0862 e. The number of aryl methyl sites for hydroxylation is 1. The van der Waals surface area contributed by atoms with Gasteiger partial charge in [-0.05, 0) is 48.5 Å². The zero-order valence-electron chi connectivity index (χ0n) is 14.9. The van der Waals surface area contributed by atoms with Gasteiger partial charge in [0, 0.05) is 35.3 Å². The molecule has 0 fully saturated rings. The molecule has 0 radical (unpaired) electrons. The van der Waals surface area contributed by atoms with Gasteiger partial charge in [0.1, 0.15) is 0 Å². The molecular weight excluding hydrogens is 246 g/mol. The van der Waals surface area contributed by atoms with Gasteiger partial charge < -0.3 is 0 Å². The molecule has 20 heavy (non-hydrogen) atoms. The molecule has 0 saturated heterocycles. The molecule has 2 rings (SSSR count). The molecule has 0 N–H and O–H groups in total. The van der Waals surface area contributed by atoms with E-state index in [0.717, 1.165) is 0 Å².